The zero-order valence-electron chi connectivity index (χ0n) is 9.86. The number of aliphatic hydroxyl groups excluding tert-OH is 1. The highest BCUT2D eigenvalue weighted by Crippen LogP contribution is 2.17. The molecule has 0 fully saturated rings. The Bertz CT molecular complexity index is 300. The summed E-state index contributed by atoms with van der Waals surface area (Å²) in [6.07, 6.45) is 2.83. The molecule has 0 saturated carbocycles. The largest absolute Gasteiger partial charge is 0.494 e. The summed E-state index contributed by atoms with van der Waals surface area (Å²) in [5, 5.41) is 8.63. The Labute approximate surface area is 97.2 Å². The second kappa shape index (κ2) is 7.25. The van der Waals surface area contributed by atoms with Crippen LogP contribution < -0.4 is 10.5 Å². The van der Waals surface area contributed by atoms with E-state index in [1.807, 2.05) is 31.2 Å². The van der Waals surface area contributed by atoms with Gasteiger partial charge in [-0.25, -0.2) is 0 Å². The SMILES string of the molecule is C[C@H](N)c1cccc(OCCCCCO)c1. The highest BCUT2D eigenvalue weighted by Gasteiger charge is 2.00. The first-order valence-electron chi connectivity index (χ1n) is 5.83. The van der Waals surface area contributed by atoms with Gasteiger partial charge >= 0.3 is 0 Å². The molecule has 0 aromatic heterocycles. The Morgan fingerprint density at radius 1 is 1.31 bits per heavy atom. The quantitative estimate of drug-likeness (QED) is 0.697. The smallest absolute Gasteiger partial charge is 0.119 e. The second-order valence-electron chi connectivity index (χ2n) is 3.99. The van der Waals surface area contributed by atoms with E-state index >= 15 is 0 Å². The molecule has 3 heteroatoms. The predicted molar refractivity (Wildman–Crippen MR) is 65.5 cm³/mol. The maximum Gasteiger partial charge on any atom is 0.119 e. The third kappa shape index (κ3) is 4.64. The fourth-order valence-corrected chi connectivity index (χ4v) is 1.47. The first-order valence-corrected chi connectivity index (χ1v) is 5.83. The van der Waals surface area contributed by atoms with Crippen LogP contribution in [0.5, 0.6) is 5.75 Å². The summed E-state index contributed by atoms with van der Waals surface area (Å²) in [4.78, 5) is 0. The molecule has 1 aromatic rings. The van der Waals surface area contributed by atoms with Crippen molar-refractivity contribution in [3.63, 3.8) is 0 Å². The first-order chi connectivity index (χ1) is 7.74. The summed E-state index contributed by atoms with van der Waals surface area (Å²) in [7, 11) is 0. The van der Waals surface area contributed by atoms with Crippen LogP contribution in [0, 0.1) is 0 Å². The number of benzene rings is 1. The van der Waals surface area contributed by atoms with E-state index in [1.165, 1.54) is 0 Å². The Balaban J connectivity index is 2.33. The molecule has 0 aliphatic heterocycles. The molecule has 0 bridgehead atoms. The van der Waals surface area contributed by atoms with E-state index in [0.717, 1.165) is 30.6 Å². The molecule has 0 unspecified atom stereocenters. The molecular formula is C13H21NO2. The highest BCUT2D eigenvalue weighted by atomic mass is 16.5. The van der Waals surface area contributed by atoms with Gasteiger partial charge in [0.2, 0.25) is 0 Å². The van der Waals surface area contributed by atoms with E-state index in [0.29, 0.717) is 6.61 Å². The van der Waals surface area contributed by atoms with Crippen LogP contribution in [0.4, 0.5) is 0 Å². The number of nitrogens with two attached hydrogens (primary N) is 1. The normalized spacial score (nSPS) is 12.4. The molecule has 3 N–H and O–H groups in total. The summed E-state index contributed by atoms with van der Waals surface area (Å²) in [6.45, 7) is 2.92. The number of unbranched alkanes of at least 4 members (excludes halogenated alkanes) is 2. The van der Waals surface area contributed by atoms with Crippen LogP contribution in [0.1, 0.15) is 37.8 Å². The molecule has 16 heavy (non-hydrogen) atoms. The van der Waals surface area contributed by atoms with Crippen molar-refractivity contribution in [3.8, 4) is 5.75 Å². The van der Waals surface area contributed by atoms with Gasteiger partial charge in [-0.1, -0.05) is 12.1 Å². The molecular weight excluding hydrogens is 202 g/mol. The average Bonchev–Trinajstić information content (AvgIpc) is 2.29. The van der Waals surface area contributed by atoms with E-state index in [-0.39, 0.29) is 12.6 Å². The Kier molecular flexibility index (Phi) is 5.90. The van der Waals surface area contributed by atoms with Crippen LogP contribution in [0.2, 0.25) is 0 Å². The van der Waals surface area contributed by atoms with Crippen molar-refractivity contribution in [2.45, 2.75) is 32.2 Å². The molecule has 1 aromatic carbocycles. The Morgan fingerprint density at radius 2 is 2.12 bits per heavy atom. The third-order valence-electron chi connectivity index (χ3n) is 2.46. The van der Waals surface area contributed by atoms with Gasteiger partial charge in [0, 0.05) is 12.6 Å². The van der Waals surface area contributed by atoms with Gasteiger partial charge in [0.1, 0.15) is 5.75 Å². The minimum atomic E-state index is 0.0398. The summed E-state index contributed by atoms with van der Waals surface area (Å²) in [5.74, 6) is 0.874. The minimum Gasteiger partial charge on any atom is -0.494 e. The van der Waals surface area contributed by atoms with Gasteiger partial charge in [0.05, 0.1) is 6.61 Å². The van der Waals surface area contributed by atoms with Crippen LogP contribution in [-0.2, 0) is 0 Å². The van der Waals surface area contributed by atoms with Crippen molar-refractivity contribution >= 4 is 0 Å². The van der Waals surface area contributed by atoms with Gasteiger partial charge in [-0.05, 0) is 43.9 Å². The lowest BCUT2D eigenvalue weighted by Crippen LogP contribution is -2.05. The van der Waals surface area contributed by atoms with Crippen LogP contribution in [0.3, 0.4) is 0 Å². The van der Waals surface area contributed by atoms with Crippen molar-refractivity contribution in [3.05, 3.63) is 29.8 Å². The van der Waals surface area contributed by atoms with Gasteiger partial charge in [0.25, 0.3) is 0 Å². The van der Waals surface area contributed by atoms with Crippen LogP contribution >= 0.6 is 0 Å². The second-order valence-corrected chi connectivity index (χ2v) is 3.99. The number of hydrogen-bond donors (Lipinski definition) is 2. The van der Waals surface area contributed by atoms with Crippen molar-refractivity contribution in [1.82, 2.24) is 0 Å². The lowest BCUT2D eigenvalue weighted by Gasteiger charge is -2.09. The highest BCUT2D eigenvalue weighted by molar-refractivity contribution is 5.30. The fraction of sp³-hybridized carbons (Fsp3) is 0.538. The van der Waals surface area contributed by atoms with E-state index in [1.54, 1.807) is 0 Å². The number of rotatable bonds is 7. The average molecular weight is 223 g/mol. The molecule has 0 aliphatic rings. The van der Waals surface area contributed by atoms with Crippen molar-refractivity contribution in [1.29, 1.82) is 0 Å². The monoisotopic (exact) mass is 223 g/mol. The van der Waals surface area contributed by atoms with Gasteiger partial charge < -0.3 is 15.6 Å². The fourth-order valence-electron chi connectivity index (χ4n) is 1.47. The topological polar surface area (TPSA) is 55.5 Å². The molecule has 1 rings (SSSR count). The Morgan fingerprint density at radius 3 is 2.81 bits per heavy atom. The maximum absolute atomic E-state index is 8.63. The van der Waals surface area contributed by atoms with Gasteiger partial charge in [0.15, 0.2) is 0 Å². The van der Waals surface area contributed by atoms with E-state index < -0.39 is 0 Å². The van der Waals surface area contributed by atoms with Crippen LogP contribution in [0.15, 0.2) is 24.3 Å². The van der Waals surface area contributed by atoms with Crippen molar-refractivity contribution < 1.29 is 9.84 Å². The summed E-state index contributed by atoms with van der Waals surface area (Å²) in [5.41, 5.74) is 6.88. The van der Waals surface area contributed by atoms with Crippen molar-refractivity contribution in [2.24, 2.45) is 5.73 Å². The molecule has 0 saturated heterocycles. The molecule has 0 spiro atoms. The van der Waals surface area contributed by atoms with E-state index in [9.17, 15) is 0 Å². The molecule has 1 atom stereocenters. The van der Waals surface area contributed by atoms with E-state index in [2.05, 4.69) is 0 Å². The lowest BCUT2D eigenvalue weighted by atomic mass is 10.1. The maximum atomic E-state index is 8.63. The third-order valence-corrected chi connectivity index (χ3v) is 2.46. The number of aliphatic hydroxyl groups is 1. The Hall–Kier alpha value is -1.06. The van der Waals surface area contributed by atoms with Crippen LogP contribution in [0.25, 0.3) is 0 Å². The summed E-state index contributed by atoms with van der Waals surface area (Å²) >= 11 is 0. The van der Waals surface area contributed by atoms with Crippen molar-refractivity contribution in [2.75, 3.05) is 13.2 Å². The minimum absolute atomic E-state index is 0.0398. The molecule has 90 valence electrons. The summed E-state index contributed by atoms with van der Waals surface area (Å²) < 4.78 is 5.61. The molecule has 0 amide bonds. The molecule has 0 heterocycles. The standard InChI is InChI=1S/C13H21NO2/c1-11(14)12-6-5-7-13(10-12)16-9-4-2-3-8-15/h5-7,10-11,15H,2-4,8-9,14H2,1H3/t11-/m0/s1. The lowest BCUT2D eigenvalue weighted by molar-refractivity contribution is 0.266. The number of hydrogen-bond acceptors (Lipinski definition) is 3. The van der Waals surface area contributed by atoms with Gasteiger partial charge in [-0.15, -0.1) is 0 Å². The van der Waals surface area contributed by atoms with E-state index in [4.69, 9.17) is 15.6 Å². The molecule has 0 aliphatic carbocycles. The van der Waals surface area contributed by atoms with Gasteiger partial charge in [-0.2, -0.15) is 0 Å². The molecule has 3 nitrogen and oxygen atoms in total. The zero-order chi connectivity index (χ0) is 11.8. The number of ether oxygens (including phenoxy) is 1. The van der Waals surface area contributed by atoms with Gasteiger partial charge in [-0.3, -0.25) is 0 Å². The predicted octanol–water partition coefficient (Wildman–Crippen LogP) is 2.25. The zero-order valence-corrected chi connectivity index (χ0v) is 9.86. The van der Waals surface area contributed by atoms with Crippen LogP contribution in [-0.4, -0.2) is 18.3 Å². The molecule has 0 radical (unpaired) electrons. The first kappa shape index (κ1) is 13.0. The summed E-state index contributed by atoms with van der Waals surface area (Å²) in [6, 6.07) is 7.93.